The molecule has 12 heteroatoms. The lowest BCUT2D eigenvalue weighted by molar-refractivity contribution is -0.145. The van der Waals surface area contributed by atoms with Crippen molar-refractivity contribution in [2.24, 2.45) is 17.6 Å². The molecule has 0 aliphatic rings. The van der Waals surface area contributed by atoms with Gasteiger partial charge in [0.2, 0.25) is 17.7 Å². The van der Waals surface area contributed by atoms with E-state index in [2.05, 4.69) is 25.9 Å². The maximum atomic E-state index is 13.2. The van der Waals surface area contributed by atoms with Crippen molar-refractivity contribution in [1.29, 1.82) is 0 Å². The van der Waals surface area contributed by atoms with Gasteiger partial charge in [0.05, 0.1) is 18.5 Å². The molecule has 0 bridgehead atoms. The number of aromatic nitrogens is 2. The summed E-state index contributed by atoms with van der Waals surface area (Å²) in [7, 11) is 0. The molecule has 0 aliphatic heterocycles. The highest BCUT2D eigenvalue weighted by Crippen LogP contribution is 2.09. The van der Waals surface area contributed by atoms with Gasteiger partial charge in [0.25, 0.3) is 0 Å². The molecule has 0 radical (unpaired) electrons. The number of imidazole rings is 1. The van der Waals surface area contributed by atoms with Gasteiger partial charge in [-0.1, -0.05) is 27.7 Å². The van der Waals surface area contributed by atoms with Gasteiger partial charge < -0.3 is 36.9 Å². The number of nitrogens with zero attached hydrogens (tertiary/aromatic N) is 1. The highest BCUT2D eigenvalue weighted by molar-refractivity contribution is 5.94. The molecule has 0 saturated heterocycles. The van der Waals surface area contributed by atoms with Gasteiger partial charge in [0, 0.05) is 18.3 Å². The molecule has 1 aromatic heterocycles. The molecule has 0 aliphatic carbocycles. The van der Waals surface area contributed by atoms with Crippen molar-refractivity contribution in [3.63, 3.8) is 0 Å². The molecule has 1 heterocycles. The zero-order chi connectivity index (χ0) is 26.0. The number of amides is 3. The Bertz CT molecular complexity index is 811. The number of carboxylic acid groups (broad SMARTS) is 1. The second kappa shape index (κ2) is 13.7. The first-order chi connectivity index (χ1) is 15.8. The Hall–Kier alpha value is -2.99. The summed E-state index contributed by atoms with van der Waals surface area (Å²) in [5, 5.41) is 26.4. The number of aliphatic hydroxyl groups excluding tert-OH is 1. The minimum absolute atomic E-state index is 0.0222. The maximum Gasteiger partial charge on any atom is 0.328 e. The largest absolute Gasteiger partial charge is 0.480 e. The molecule has 0 fully saturated rings. The number of carbonyl (C=O) groups is 4. The summed E-state index contributed by atoms with van der Waals surface area (Å²) < 4.78 is 0. The molecule has 8 N–H and O–H groups in total. The maximum absolute atomic E-state index is 13.2. The van der Waals surface area contributed by atoms with Gasteiger partial charge in [-0.3, -0.25) is 14.4 Å². The molecule has 3 amide bonds. The first-order valence-electron chi connectivity index (χ1n) is 11.4. The van der Waals surface area contributed by atoms with E-state index in [9.17, 15) is 29.4 Å². The fourth-order valence-corrected chi connectivity index (χ4v) is 3.34. The third-order valence-electron chi connectivity index (χ3n) is 5.06. The molecule has 0 aromatic carbocycles. The minimum Gasteiger partial charge on any atom is -0.480 e. The molecule has 12 nitrogen and oxygen atoms in total. The second-order valence-electron chi connectivity index (χ2n) is 9.33. The normalized spacial score (nSPS) is 15.8. The Morgan fingerprint density at radius 1 is 0.941 bits per heavy atom. The zero-order valence-corrected chi connectivity index (χ0v) is 20.4. The smallest absolute Gasteiger partial charge is 0.328 e. The molecule has 1 rings (SSSR count). The second-order valence-corrected chi connectivity index (χ2v) is 9.33. The number of H-pyrrole nitrogens is 1. The van der Waals surface area contributed by atoms with E-state index in [1.165, 1.54) is 19.4 Å². The molecule has 0 spiro atoms. The minimum atomic E-state index is -1.53. The van der Waals surface area contributed by atoms with Crippen molar-refractivity contribution >= 4 is 23.7 Å². The van der Waals surface area contributed by atoms with E-state index in [1.54, 1.807) is 0 Å². The van der Waals surface area contributed by atoms with Crippen LogP contribution in [0.2, 0.25) is 0 Å². The Morgan fingerprint density at radius 3 is 1.97 bits per heavy atom. The van der Waals surface area contributed by atoms with Crippen LogP contribution in [0.1, 0.15) is 53.2 Å². The van der Waals surface area contributed by atoms with Crippen molar-refractivity contribution in [2.75, 3.05) is 0 Å². The van der Waals surface area contributed by atoms with Crippen LogP contribution in [0.4, 0.5) is 0 Å². The first-order valence-corrected chi connectivity index (χ1v) is 11.4. The van der Waals surface area contributed by atoms with Crippen molar-refractivity contribution in [3.8, 4) is 0 Å². The monoisotopic (exact) mass is 482 g/mol. The first kappa shape index (κ1) is 29.0. The summed E-state index contributed by atoms with van der Waals surface area (Å²) >= 11 is 0. The fraction of sp³-hybridized carbons (Fsp3) is 0.682. The van der Waals surface area contributed by atoms with Crippen molar-refractivity contribution in [3.05, 3.63) is 18.2 Å². The standard InChI is InChI=1S/C22H38N6O6/c1-11(2)6-15(23)19(30)26-17(8-14-9-24-10-25-14)20(31)27-16(7-12(3)4)21(32)28-18(13(5)29)22(33)34/h9-13,15-18,29H,6-8,23H2,1-5H3,(H,24,25)(H,26,30)(H,27,31)(H,28,32)(H,33,34). The molecule has 192 valence electrons. The highest BCUT2D eigenvalue weighted by Gasteiger charge is 2.32. The van der Waals surface area contributed by atoms with E-state index in [0.717, 1.165) is 0 Å². The lowest BCUT2D eigenvalue weighted by Crippen LogP contribution is -2.59. The molecular weight excluding hydrogens is 444 g/mol. The highest BCUT2D eigenvalue weighted by atomic mass is 16.4. The molecule has 34 heavy (non-hydrogen) atoms. The Balaban J connectivity index is 3.05. The lowest BCUT2D eigenvalue weighted by Gasteiger charge is -2.26. The van der Waals surface area contributed by atoms with Crippen LogP contribution in [-0.4, -0.2) is 74.1 Å². The number of nitrogens with two attached hydrogens (primary N) is 1. The summed E-state index contributed by atoms with van der Waals surface area (Å²) in [4.78, 5) is 56.7. The number of hydrogen-bond donors (Lipinski definition) is 7. The Morgan fingerprint density at radius 2 is 1.50 bits per heavy atom. The van der Waals surface area contributed by atoms with Gasteiger partial charge >= 0.3 is 5.97 Å². The average molecular weight is 483 g/mol. The Labute approximate surface area is 199 Å². The van der Waals surface area contributed by atoms with Gasteiger partial charge in [-0.25, -0.2) is 9.78 Å². The lowest BCUT2D eigenvalue weighted by atomic mass is 10.0. The van der Waals surface area contributed by atoms with Crippen LogP contribution in [0, 0.1) is 11.8 Å². The average Bonchev–Trinajstić information content (AvgIpc) is 3.22. The van der Waals surface area contributed by atoms with Crippen molar-refractivity contribution < 1.29 is 29.4 Å². The number of carbonyl (C=O) groups excluding carboxylic acids is 3. The van der Waals surface area contributed by atoms with Crippen LogP contribution in [0.25, 0.3) is 0 Å². The fourth-order valence-electron chi connectivity index (χ4n) is 3.34. The van der Waals surface area contributed by atoms with E-state index in [4.69, 9.17) is 5.73 Å². The molecule has 0 saturated carbocycles. The van der Waals surface area contributed by atoms with Crippen LogP contribution in [0.5, 0.6) is 0 Å². The quantitative estimate of drug-likeness (QED) is 0.180. The summed E-state index contributed by atoms with van der Waals surface area (Å²) in [6.45, 7) is 8.77. The topological polar surface area (TPSA) is 200 Å². The summed E-state index contributed by atoms with van der Waals surface area (Å²) in [5.74, 6) is -3.13. The van der Waals surface area contributed by atoms with Gasteiger partial charge in [-0.2, -0.15) is 0 Å². The van der Waals surface area contributed by atoms with E-state index in [-0.39, 0.29) is 24.7 Å². The number of aliphatic hydroxyl groups is 1. The summed E-state index contributed by atoms with van der Waals surface area (Å²) in [6, 6.07) is -4.48. The van der Waals surface area contributed by atoms with Crippen LogP contribution >= 0.6 is 0 Å². The summed E-state index contributed by atoms with van der Waals surface area (Å²) in [6.07, 6.45) is 2.33. The third kappa shape index (κ3) is 9.87. The molecule has 5 unspecified atom stereocenters. The van der Waals surface area contributed by atoms with Crippen molar-refractivity contribution in [1.82, 2.24) is 25.9 Å². The number of rotatable bonds is 14. The van der Waals surface area contributed by atoms with E-state index in [1.807, 2.05) is 27.7 Å². The zero-order valence-electron chi connectivity index (χ0n) is 20.4. The van der Waals surface area contributed by atoms with Gasteiger partial charge in [-0.15, -0.1) is 0 Å². The Kier molecular flexibility index (Phi) is 11.7. The van der Waals surface area contributed by atoms with Crippen LogP contribution < -0.4 is 21.7 Å². The molecule has 1 aromatic rings. The van der Waals surface area contributed by atoms with E-state index < -0.39 is 54.0 Å². The third-order valence-corrected chi connectivity index (χ3v) is 5.06. The van der Waals surface area contributed by atoms with Gasteiger partial charge in [-0.05, 0) is 31.6 Å². The summed E-state index contributed by atoms with van der Waals surface area (Å²) in [5.41, 5.74) is 6.55. The van der Waals surface area contributed by atoms with Crippen LogP contribution in [0.3, 0.4) is 0 Å². The number of aliphatic carboxylic acids is 1. The number of nitrogens with one attached hydrogen (secondary N) is 4. The SMILES string of the molecule is CC(C)CC(N)C(=O)NC(Cc1cnc[nH]1)C(=O)NC(CC(C)C)C(=O)NC(C(=O)O)C(C)O. The number of carboxylic acids is 1. The predicted octanol–water partition coefficient (Wildman–Crippen LogP) is -0.708. The van der Waals surface area contributed by atoms with Gasteiger partial charge in [0.15, 0.2) is 6.04 Å². The van der Waals surface area contributed by atoms with Crippen molar-refractivity contribution in [2.45, 2.75) is 84.2 Å². The molecule has 5 atom stereocenters. The predicted molar refractivity (Wildman–Crippen MR) is 124 cm³/mol. The number of aromatic amines is 1. The van der Waals surface area contributed by atoms with Gasteiger partial charge in [0.1, 0.15) is 12.1 Å². The van der Waals surface area contributed by atoms with E-state index >= 15 is 0 Å². The number of hydrogen-bond acceptors (Lipinski definition) is 7. The van der Waals surface area contributed by atoms with E-state index in [0.29, 0.717) is 12.1 Å². The molecular formula is C22H38N6O6. The van der Waals surface area contributed by atoms with Crippen LogP contribution in [-0.2, 0) is 25.6 Å². The van der Waals surface area contributed by atoms with Crippen LogP contribution in [0.15, 0.2) is 12.5 Å².